The fourth-order valence-corrected chi connectivity index (χ4v) is 3.80. The van der Waals surface area contributed by atoms with Crippen molar-refractivity contribution in [1.29, 1.82) is 0 Å². The van der Waals surface area contributed by atoms with E-state index in [1.807, 2.05) is 0 Å². The highest BCUT2D eigenvalue weighted by atomic mass is 19.4. The molecular weight excluding hydrogens is 397 g/mol. The largest absolute Gasteiger partial charge is 0.465 e. The smallest absolute Gasteiger partial charge is 0.416 e. The van der Waals surface area contributed by atoms with Crippen molar-refractivity contribution in [3.05, 3.63) is 59.3 Å². The van der Waals surface area contributed by atoms with Crippen molar-refractivity contribution in [2.24, 2.45) is 5.92 Å². The van der Waals surface area contributed by atoms with Gasteiger partial charge in [0.1, 0.15) is 5.82 Å². The van der Waals surface area contributed by atoms with E-state index in [2.05, 4.69) is 15.0 Å². The lowest BCUT2D eigenvalue weighted by molar-refractivity contribution is -0.137. The Morgan fingerprint density at radius 2 is 1.80 bits per heavy atom. The molecule has 1 fully saturated rings. The van der Waals surface area contributed by atoms with Gasteiger partial charge in [0, 0.05) is 6.20 Å². The summed E-state index contributed by atoms with van der Waals surface area (Å²) < 4.78 is 43.3. The van der Waals surface area contributed by atoms with Crippen LogP contribution >= 0.6 is 0 Å². The van der Waals surface area contributed by atoms with E-state index in [1.165, 1.54) is 37.6 Å². The summed E-state index contributed by atoms with van der Waals surface area (Å²) in [5.74, 6) is -0.838. The first-order valence-electron chi connectivity index (χ1n) is 9.80. The minimum absolute atomic E-state index is 0.251. The molecule has 8 heteroatoms. The van der Waals surface area contributed by atoms with Crippen molar-refractivity contribution >= 4 is 17.7 Å². The van der Waals surface area contributed by atoms with Crippen LogP contribution in [0.2, 0.25) is 0 Å². The van der Waals surface area contributed by atoms with Crippen molar-refractivity contribution in [1.82, 2.24) is 4.98 Å². The van der Waals surface area contributed by atoms with Gasteiger partial charge in [-0.05, 0) is 42.2 Å². The van der Waals surface area contributed by atoms with Crippen molar-refractivity contribution < 1.29 is 27.5 Å². The Morgan fingerprint density at radius 3 is 2.33 bits per heavy atom. The number of ether oxygens (including phenoxy) is 1. The van der Waals surface area contributed by atoms with Gasteiger partial charge in [-0.2, -0.15) is 13.2 Å². The number of nitrogens with one attached hydrogen (secondary N) is 1. The predicted octanol–water partition coefficient (Wildman–Crippen LogP) is 5.19. The van der Waals surface area contributed by atoms with Gasteiger partial charge in [0.05, 0.1) is 24.2 Å². The van der Waals surface area contributed by atoms with Crippen LogP contribution in [-0.4, -0.2) is 24.0 Å². The van der Waals surface area contributed by atoms with Crippen LogP contribution in [0.3, 0.4) is 0 Å². The van der Waals surface area contributed by atoms with Gasteiger partial charge in [0.15, 0.2) is 0 Å². The number of benzene rings is 1. The third-order valence-corrected chi connectivity index (χ3v) is 5.44. The zero-order valence-electron chi connectivity index (χ0n) is 16.5. The summed E-state index contributed by atoms with van der Waals surface area (Å²) in [6.07, 6.45) is 1.66. The zero-order valence-corrected chi connectivity index (χ0v) is 16.5. The summed E-state index contributed by atoms with van der Waals surface area (Å²) >= 11 is 0. The maximum atomic E-state index is 13.0. The van der Waals surface area contributed by atoms with Crippen LogP contribution < -0.4 is 5.32 Å². The monoisotopic (exact) mass is 420 g/mol. The van der Waals surface area contributed by atoms with Crippen LogP contribution in [0.1, 0.15) is 59.5 Å². The zero-order chi connectivity index (χ0) is 21.7. The van der Waals surface area contributed by atoms with E-state index < -0.39 is 23.6 Å². The van der Waals surface area contributed by atoms with Crippen molar-refractivity contribution in [3.8, 4) is 0 Å². The normalized spacial score (nSPS) is 15.6. The third-order valence-electron chi connectivity index (χ3n) is 5.44. The van der Waals surface area contributed by atoms with Gasteiger partial charge in [-0.1, -0.05) is 37.8 Å². The summed E-state index contributed by atoms with van der Waals surface area (Å²) in [6, 6.07) is 7.73. The number of hydrogen-bond acceptors (Lipinski definition) is 4. The lowest BCUT2D eigenvalue weighted by Crippen LogP contribution is -2.24. The van der Waals surface area contributed by atoms with Gasteiger partial charge in [-0.25, -0.2) is 9.78 Å². The van der Waals surface area contributed by atoms with E-state index in [0.717, 1.165) is 37.8 Å². The molecule has 1 saturated carbocycles. The van der Waals surface area contributed by atoms with E-state index in [0.29, 0.717) is 17.9 Å². The lowest BCUT2D eigenvalue weighted by Gasteiger charge is -2.21. The summed E-state index contributed by atoms with van der Waals surface area (Å²) in [7, 11) is 1.26. The molecule has 5 nitrogen and oxygen atoms in total. The van der Waals surface area contributed by atoms with Crippen LogP contribution in [0.4, 0.5) is 19.0 Å². The molecule has 1 aromatic carbocycles. The molecule has 0 saturated heterocycles. The van der Waals surface area contributed by atoms with Crippen LogP contribution in [0.5, 0.6) is 0 Å². The number of pyridine rings is 1. The number of carbonyl (C=O) groups is 2. The predicted molar refractivity (Wildman–Crippen MR) is 105 cm³/mol. The Labute approximate surface area is 172 Å². The Kier molecular flexibility index (Phi) is 6.74. The molecule has 30 heavy (non-hydrogen) atoms. The maximum Gasteiger partial charge on any atom is 0.416 e. The number of nitrogens with zero attached hydrogens (tertiary/aromatic N) is 1. The maximum absolute atomic E-state index is 13.0. The molecule has 1 heterocycles. The standard InChI is InChI=1S/C22H23F3N2O3/c1-30-21(29)16-8-11-19(26-13-16)27-20(28)18(12-14-4-2-3-5-14)15-6-9-17(10-7-15)22(23,24)25/h6-11,13-14,18H,2-5,12H2,1H3,(H,26,27,28). The van der Waals surface area contributed by atoms with Crippen LogP contribution in [-0.2, 0) is 15.7 Å². The van der Waals surface area contributed by atoms with E-state index in [-0.39, 0.29) is 17.3 Å². The molecule has 0 radical (unpaired) electrons. The van der Waals surface area contributed by atoms with Crippen molar-refractivity contribution in [3.63, 3.8) is 0 Å². The summed E-state index contributed by atoms with van der Waals surface area (Å²) in [4.78, 5) is 28.6. The highest BCUT2D eigenvalue weighted by molar-refractivity contribution is 5.95. The molecule has 1 aliphatic rings. The molecule has 2 aromatic rings. The molecule has 0 bridgehead atoms. The summed E-state index contributed by atoms with van der Waals surface area (Å²) in [5.41, 5.74) is 0.0469. The second kappa shape index (κ2) is 9.28. The average Bonchev–Trinajstić information content (AvgIpc) is 3.25. The molecule has 0 aliphatic heterocycles. The molecule has 0 spiro atoms. The number of amides is 1. The third kappa shape index (κ3) is 5.37. The van der Waals surface area contributed by atoms with Crippen molar-refractivity contribution in [2.45, 2.75) is 44.2 Å². The van der Waals surface area contributed by atoms with Gasteiger partial charge in [0.25, 0.3) is 0 Å². The Bertz CT molecular complexity index is 874. The second-order valence-corrected chi connectivity index (χ2v) is 7.47. The number of aromatic nitrogens is 1. The minimum atomic E-state index is -4.42. The molecule has 1 N–H and O–H groups in total. The van der Waals surface area contributed by atoms with Crippen LogP contribution in [0, 0.1) is 5.92 Å². The number of halogens is 3. The van der Waals surface area contributed by atoms with Crippen LogP contribution in [0.15, 0.2) is 42.6 Å². The van der Waals surface area contributed by atoms with Gasteiger partial charge in [-0.3, -0.25) is 4.79 Å². The SMILES string of the molecule is COC(=O)c1ccc(NC(=O)C(CC2CCCC2)c2ccc(C(F)(F)F)cc2)nc1. The first kappa shape index (κ1) is 21.8. The average molecular weight is 420 g/mol. The molecule has 3 rings (SSSR count). The Hall–Kier alpha value is -2.90. The number of hydrogen-bond donors (Lipinski definition) is 1. The highest BCUT2D eigenvalue weighted by Gasteiger charge is 2.32. The molecule has 1 atom stereocenters. The molecule has 160 valence electrons. The fourth-order valence-electron chi connectivity index (χ4n) is 3.80. The molecule has 1 unspecified atom stereocenters. The molecule has 1 aliphatic carbocycles. The van der Waals surface area contributed by atoms with E-state index >= 15 is 0 Å². The second-order valence-electron chi connectivity index (χ2n) is 7.47. The summed E-state index contributed by atoms with van der Waals surface area (Å²) in [6.45, 7) is 0. The molecule has 1 aromatic heterocycles. The van der Waals surface area contributed by atoms with Crippen molar-refractivity contribution in [2.75, 3.05) is 12.4 Å². The van der Waals surface area contributed by atoms with E-state index in [9.17, 15) is 22.8 Å². The van der Waals surface area contributed by atoms with Gasteiger partial charge in [-0.15, -0.1) is 0 Å². The number of rotatable bonds is 6. The summed E-state index contributed by atoms with van der Waals surface area (Å²) in [5, 5.41) is 2.72. The topological polar surface area (TPSA) is 68.3 Å². The Morgan fingerprint density at radius 1 is 1.13 bits per heavy atom. The quantitative estimate of drug-likeness (QED) is 0.653. The van der Waals surface area contributed by atoms with Gasteiger partial charge in [0.2, 0.25) is 5.91 Å². The number of carbonyl (C=O) groups excluding carboxylic acids is 2. The fraction of sp³-hybridized carbons (Fsp3) is 0.409. The van der Waals surface area contributed by atoms with Gasteiger partial charge < -0.3 is 10.1 Å². The number of anilines is 1. The highest BCUT2D eigenvalue weighted by Crippen LogP contribution is 2.36. The molecular formula is C22H23F3N2O3. The first-order chi connectivity index (χ1) is 14.3. The number of methoxy groups -OCH3 is 1. The molecule has 1 amide bonds. The van der Waals surface area contributed by atoms with Crippen LogP contribution in [0.25, 0.3) is 0 Å². The lowest BCUT2D eigenvalue weighted by atomic mass is 9.87. The van der Waals surface area contributed by atoms with Gasteiger partial charge >= 0.3 is 12.1 Å². The number of esters is 1. The minimum Gasteiger partial charge on any atom is -0.465 e. The number of alkyl halides is 3. The van der Waals surface area contributed by atoms with E-state index in [4.69, 9.17) is 0 Å². The van der Waals surface area contributed by atoms with E-state index in [1.54, 1.807) is 0 Å². The Balaban J connectivity index is 1.79. The first-order valence-corrected chi connectivity index (χ1v) is 9.80.